The molecule has 1 amide bonds. The summed E-state index contributed by atoms with van der Waals surface area (Å²) in [4.78, 5) is 23.6. The Hall–Kier alpha value is -2.42. The van der Waals surface area contributed by atoms with Crippen molar-refractivity contribution in [1.29, 1.82) is 0 Å². The zero-order chi connectivity index (χ0) is 20.9. The van der Waals surface area contributed by atoms with Gasteiger partial charge in [-0.2, -0.15) is 0 Å². The van der Waals surface area contributed by atoms with E-state index in [4.69, 9.17) is 21.5 Å². The molecule has 0 spiro atoms. The first-order valence-corrected chi connectivity index (χ1v) is 10.4. The van der Waals surface area contributed by atoms with Crippen molar-refractivity contribution in [3.8, 4) is 0 Å². The SMILES string of the molecule is CCC(C)c1ccc(NC(=O)COC(=O)c2ccc(Cl)c(S(N)(=O)=O)c2)cc1. The van der Waals surface area contributed by atoms with Gasteiger partial charge in [-0.1, -0.05) is 37.6 Å². The van der Waals surface area contributed by atoms with Gasteiger partial charge in [0, 0.05) is 5.69 Å². The van der Waals surface area contributed by atoms with E-state index < -0.39 is 33.4 Å². The summed E-state index contributed by atoms with van der Waals surface area (Å²) < 4.78 is 27.8. The van der Waals surface area contributed by atoms with Crippen LogP contribution in [0, 0.1) is 0 Å². The maximum atomic E-state index is 12.1. The number of carbonyl (C=O) groups is 2. The number of ether oxygens (including phenoxy) is 1. The highest BCUT2D eigenvalue weighted by Gasteiger charge is 2.18. The topological polar surface area (TPSA) is 116 Å². The molecule has 7 nitrogen and oxygen atoms in total. The molecule has 0 fully saturated rings. The molecule has 0 aliphatic rings. The van der Waals surface area contributed by atoms with Crippen molar-refractivity contribution in [1.82, 2.24) is 0 Å². The smallest absolute Gasteiger partial charge is 0.338 e. The highest BCUT2D eigenvalue weighted by atomic mass is 35.5. The molecule has 0 aliphatic carbocycles. The fourth-order valence-corrected chi connectivity index (χ4v) is 3.46. The van der Waals surface area contributed by atoms with Gasteiger partial charge in [-0.05, 0) is 48.2 Å². The number of halogens is 1. The van der Waals surface area contributed by atoms with Crippen LogP contribution in [0.3, 0.4) is 0 Å². The second kappa shape index (κ2) is 9.18. The minimum atomic E-state index is -4.09. The number of nitrogens with two attached hydrogens (primary N) is 1. The third kappa shape index (κ3) is 5.79. The number of amides is 1. The van der Waals surface area contributed by atoms with Gasteiger partial charge >= 0.3 is 5.97 Å². The van der Waals surface area contributed by atoms with Gasteiger partial charge in [-0.15, -0.1) is 0 Å². The van der Waals surface area contributed by atoms with Gasteiger partial charge in [0.05, 0.1) is 10.6 Å². The van der Waals surface area contributed by atoms with Crippen LogP contribution in [0.15, 0.2) is 47.4 Å². The minimum Gasteiger partial charge on any atom is -0.452 e. The number of hydrogen-bond donors (Lipinski definition) is 2. The second-order valence-electron chi connectivity index (χ2n) is 6.25. The van der Waals surface area contributed by atoms with Gasteiger partial charge in [0.25, 0.3) is 5.91 Å². The summed E-state index contributed by atoms with van der Waals surface area (Å²) in [6, 6.07) is 10.9. The Morgan fingerprint density at radius 3 is 2.39 bits per heavy atom. The average Bonchev–Trinajstić information content (AvgIpc) is 2.65. The standard InChI is InChI=1S/C19H21ClN2O5S/c1-3-12(2)13-4-7-15(8-5-13)22-18(23)11-27-19(24)14-6-9-16(20)17(10-14)28(21,25)26/h4-10,12H,3,11H2,1-2H3,(H,22,23)(H2,21,25,26). The third-order valence-corrected chi connectivity index (χ3v) is 5.58. The van der Waals surface area contributed by atoms with E-state index in [-0.39, 0.29) is 10.6 Å². The molecular weight excluding hydrogens is 404 g/mol. The summed E-state index contributed by atoms with van der Waals surface area (Å²) >= 11 is 5.77. The van der Waals surface area contributed by atoms with Crippen molar-refractivity contribution in [2.45, 2.75) is 31.1 Å². The first-order valence-electron chi connectivity index (χ1n) is 8.51. The predicted octanol–water partition coefficient (Wildman–Crippen LogP) is 3.30. The number of esters is 1. The van der Waals surface area contributed by atoms with Crippen LogP contribution < -0.4 is 10.5 Å². The Labute approximate surface area is 168 Å². The fraction of sp³-hybridized carbons (Fsp3) is 0.263. The summed E-state index contributed by atoms with van der Waals surface area (Å²) in [6.45, 7) is 3.69. The quantitative estimate of drug-likeness (QED) is 0.661. The first kappa shape index (κ1) is 21.9. The van der Waals surface area contributed by atoms with Crippen LogP contribution in [-0.2, 0) is 19.6 Å². The van der Waals surface area contributed by atoms with Crippen LogP contribution in [0.1, 0.15) is 42.1 Å². The Bertz CT molecular complexity index is 974. The van der Waals surface area contributed by atoms with Crippen LogP contribution in [-0.4, -0.2) is 26.9 Å². The fourth-order valence-electron chi connectivity index (χ4n) is 2.39. The monoisotopic (exact) mass is 424 g/mol. The number of hydrogen-bond acceptors (Lipinski definition) is 5. The predicted molar refractivity (Wildman–Crippen MR) is 107 cm³/mol. The number of carbonyl (C=O) groups excluding carboxylic acids is 2. The Balaban J connectivity index is 1.96. The lowest BCUT2D eigenvalue weighted by Crippen LogP contribution is -2.21. The molecule has 28 heavy (non-hydrogen) atoms. The average molecular weight is 425 g/mol. The first-order chi connectivity index (χ1) is 13.1. The Morgan fingerprint density at radius 1 is 1.18 bits per heavy atom. The van der Waals surface area contributed by atoms with Crippen molar-refractivity contribution in [2.75, 3.05) is 11.9 Å². The Morgan fingerprint density at radius 2 is 1.82 bits per heavy atom. The number of sulfonamides is 1. The second-order valence-corrected chi connectivity index (χ2v) is 8.18. The molecule has 0 aromatic heterocycles. The van der Waals surface area contributed by atoms with E-state index in [0.717, 1.165) is 12.5 Å². The molecule has 0 saturated carbocycles. The van der Waals surface area contributed by atoms with Crippen LogP contribution >= 0.6 is 11.6 Å². The number of nitrogens with one attached hydrogen (secondary N) is 1. The van der Waals surface area contributed by atoms with Gasteiger partial charge in [0.15, 0.2) is 6.61 Å². The summed E-state index contributed by atoms with van der Waals surface area (Å²) in [5.74, 6) is -0.971. The van der Waals surface area contributed by atoms with Gasteiger partial charge < -0.3 is 10.1 Å². The number of anilines is 1. The molecular formula is C19H21ClN2O5S. The maximum absolute atomic E-state index is 12.1. The van der Waals surface area contributed by atoms with Crippen molar-refractivity contribution < 1.29 is 22.7 Å². The summed E-state index contributed by atoms with van der Waals surface area (Å²) in [5, 5.41) is 7.56. The van der Waals surface area contributed by atoms with Crippen LogP contribution in [0.2, 0.25) is 5.02 Å². The lowest BCUT2D eigenvalue weighted by molar-refractivity contribution is -0.119. The molecule has 0 heterocycles. The van der Waals surface area contributed by atoms with Crippen molar-refractivity contribution in [3.05, 3.63) is 58.6 Å². The minimum absolute atomic E-state index is 0.0841. The lowest BCUT2D eigenvalue weighted by Gasteiger charge is -2.11. The lowest BCUT2D eigenvalue weighted by atomic mass is 9.99. The van der Waals surface area contributed by atoms with E-state index in [1.54, 1.807) is 12.1 Å². The molecule has 2 aromatic carbocycles. The van der Waals surface area contributed by atoms with Gasteiger partial charge in [-0.25, -0.2) is 18.4 Å². The highest BCUT2D eigenvalue weighted by molar-refractivity contribution is 7.89. The molecule has 1 unspecified atom stereocenters. The molecule has 1 atom stereocenters. The largest absolute Gasteiger partial charge is 0.452 e. The Kier molecular flexibility index (Phi) is 7.17. The summed E-state index contributed by atoms with van der Waals surface area (Å²) in [7, 11) is -4.09. The third-order valence-electron chi connectivity index (χ3n) is 4.18. The van der Waals surface area contributed by atoms with Gasteiger partial charge in [-0.3, -0.25) is 4.79 Å². The van der Waals surface area contributed by atoms with Crippen molar-refractivity contribution in [2.24, 2.45) is 5.14 Å². The molecule has 0 saturated heterocycles. The molecule has 0 aliphatic heterocycles. The number of primary sulfonamides is 1. The maximum Gasteiger partial charge on any atom is 0.338 e. The molecule has 2 rings (SSSR count). The molecule has 2 aromatic rings. The van der Waals surface area contributed by atoms with E-state index in [9.17, 15) is 18.0 Å². The normalized spacial score (nSPS) is 12.3. The molecule has 9 heteroatoms. The zero-order valence-electron chi connectivity index (χ0n) is 15.4. The van der Waals surface area contributed by atoms with Crippen molar-refractivity contribution >= 4 is 39.2 Å². The highest BCUT2D eigenvalue weighted by Crippen LogP contribution is 2.22. The van der Waals surface area contributed by atoms with Gasteiger partial charge in [0.2, 0.25) is 10.0 Å². The van der Waals surface area contributed by atoms with E-state index in [2.05, 4.69) is 19.2 Å². The van der Waals surface area contributed by atoms with Gasteiger partial charge in [0.1, 0.15) is 4.90 Å². The molecule has 3 N–H and O–H groups in total. The molecule has 0 bridgehead atoms. The van der Waals surface area contributed by atoms with Crippen LogP contribution in [0.5, 0.6) is 0 Å². The number of rotatable bonds is 7. The summed E-state index contributed by atoms with van der Waals surface area (Å²) in [5.41, 5.74) is 1.66. The van der Waals surface area contributed by atoms with E-state index >= 15 is 0 Å². The van der Waals surface area contributed by atoms with Crippen LogP contribution in [0.25, 0.3) is 0 Å². The van der Waals surface area contributed by atoms with E-state index in [0.29, 0.717) is 11.6 Å². The number of benzene rings is 2. The molecule has 150 valence electrons. The van der Waals surface area contributed by atoms with E-state index in [1.807, 2.05) is 12.1 Å². The molecule has 0 radical (unpaired) electrons. The van der Waals surface area contributed by atoms with Crippen molar-refractivity contribution in [3.63, 3.8) is 0 Å². The zero-order valence-corrected chi connectivity index (χ0v) is 17.0. The summed E-state index contributed by atoms with van der Waals surface area (Å²) in [6.07, 6.45) is 1.01. The van der Waals surface area contributed by atoms with Crippen LogP contribution in [0.4, 0.5) is 5.69 Å². The van der Waals surface area contributed by atoms with E-state index in [1.165, 1.54) is 17.7 Å².